The van der Waals surface area contributed by atoms with Crippen LogP contribution in [0.25, 0.3) is 0 Å². The lowest BCUT2D eigenvalue weighted by atomic mass is 9.79. The number of nitrogens with two attached hydrogens (primary N) is 1. The van der Waals surface area contributed by atoms with Gasteiger partial charge in [-0.15, -0.1) is 24.0 Å². The first kappa shape index (κ1) is 19.0. The highest BCUT2D eigenvalue weighted by Crippen LogP contribution is 2.41. The fraction of sp³-hybridized carbons (Fsp3) is 0.588. The highest BCUT2D eigenvalue weighted by Gasteiger charge is 2.35. The van der Waals surface area contributed by atoms with E-state index in [0.717, 1.165) is 37.3 Å². The van der Waals surface area contributed by atoms with E-state index < -0.39 is 0 Å². The van der Waals surface area contributed by atoms with Crippen LogP contribution < -0.4 is 5.73 Å². The second-order valence-electron chi connectivity index (χ2n) is 6.27. The van der Waals surface area contributed by atoms with Crippen LogP contribution >= 0.6 is 39.9 Å². The van der Waals surface area contributed by atoms with Gasteiger partial charge in [-0.3, -0.25) is 4.99 Å². The fourth-order valence-electron chi connectivity index (χ4n) is 3.52. The van der Waals surface area contributed by atoms with Crippen molar-refractivity contribution < 1.29 is 4.74 Å². The standard InChI is InChI=1S/C17H24BrN3O.HI/c18-15-5-3-14(4-6-15)17(7-1-2-8-17)13-20-16(19)21-9-11-22-12-10-21;/h3-6H,1-2,7-13H2,(H2,19,20);1H. The molecule has 2 aliphatic rings. The average molecular weight is 494 g/mol. The number of halogens is 2. The third kappa shape index (κ3) is 4.60. The average Bonchev–Trinajstić information content (AvgIpc) is 3.04. The van der Waals surface area contributed by atoms with Crippen molar-refractivity contribution in [3.63, 3.8) is 0 Å². The normalized spacial score (nSPS) is 21.1. The molecule has 0 unspecified atom stereocenters. The van der Waals surface area contributed by atoms with Gasteiger partial charge < -0.3 is 15.4 Å². The summed E-state index contributed by atoms with van der Waals surface area (Å²) in [7, 11) is 0. The van der Waals surface area contributed by atoms with Gasteiger partial charge in [0.2, 0.25) is 0 Å². The van der Waals surface area contributed by atoms with Crippen molar-refractivity contribution in [2.45, 2.75) is 31.1 Å². The van der Waals surface area contributed by atoms with Crippen molar-refractivity contribution >= 4 is 45.9 Å². The quantitative estimate of drug-likeness (QED) is 0.398. The first-order chi connectivity index (χ1) is 10.7. The maximum absolute atomic E-state index is 6.20. The van der Waals surface area contributed by atoms with Crippen molar-refractivity contribution in [2.75, 3.05) is 32.8 Å². The SMILES string of the molecule is I.NC(=NCC1(c2ccc(Br)cc2)CCCC1)N1CCOCC1. The number of rotatable bonds is 3. The van der Waals surface area contributed by atoms with Gasteiger partial charge in [0.1, 0.15) is 0 Å². The topological polar surface area (TPSA) is 50.8 Å². The molecule has 2 N–H and O–H groups in total. The molecule has 0 atom stereocenters. The van der Waals surface area contributed by atoms with E-state index in [9.17, 15) is 0 Å². The summed E-state index contributed by atoms with van der Waals surface area (Å²) in [5.74, 6) is 0.673. The number of hydrogen-bond donors (Lipinski definition) is 1. The van der Waals surface area contributed by atoms with E-state index in [1.807, 2.05) is 0 Å². The van der Waals surface area contributed by atoms with E-state index in [2.05, 4.69) is 45.1 Å². The number of guanidine groups is 1. The Labute approximate surface area is 164 Å². The third-order valence-corrected chi connectivity index (χ3v) is 5.42. The van der Waals surface area contributed by atoms with Gasteiger partial charge in [-0.05, 0) is 30.5 Å². The predicted molar refractivity (Wildman–Crippen MR) is 109 cm³/mol. The molecule has 0 radical (unpaired) electrons. The van der Waals surface area contributed by atoms with Crippen molar-refractivity contribution in [2.24, 2.45) is 10.7 Å². The summed E-state index contributed by atoms with van der Waals surface area (Å²) in [5, 5.41) is 0. The Bertz CT molecular complexity index is 523. The molecule has 4 nitrogen and oxygen atoms in total. The van der Waals surface area contributed by atoms with Crippen molar-refractivity contribution in [3.05, 3.63) is 34.3 Å². The van der Waals surface area contributed by atoms with Crippen LogP contribution in [0.5, 0.6) is 0 Å². The van der Waals surface area contributed by atoms with Crippen LogP contribution in [-0.4, -0.2) is 43.7 Å². The lowest BCUT2D eigenvalue weighted by Gasteiger charge is -2.31. The Kier molecular flexibility index (Phi) is 7.16. The monoisotopic (exact) mass is 493 g/mol. The Morgan fingerprint density at radius 3 is 2.39 bits per heavy atom. The third-order valence-electron chi connectivity index (χ3n) is 4.90. The minimum Gasteiger partial charge on any atom is -0.378 e. The van der Waals surface area contributed by atoms with E-state index >= 15 is 0 Å². The van der Waals surface area contributed by atoms with Crippen LogP contribution in [0.15, 0.2) is 33.7 Å². The Morgan fingerprint density at radius 2 is 1.78 bits per heavy atom. The summed E-state index contributed by atoms with van der Waals surface area (Å²) in [5.41, 5.74) is 7.76. The molecule has 0 spiro atoms. The molecule has 128 valence electrons. The van der Waals surface area contributed by atoms with Gasteiger partial charge in [0, 0.05) is 23.0 Å². The lowest BCUT2D eigenvalue weighted by molar-refractivity contribution is 0.0673. The van der Waals surface area contributed by atoms with Gasteiger partial charge >= 0.3 is 0 Å². The van der Waals surface area contributed by atoms with Gasteiger partial charge in [0.05, 0.1) is 19.8 Å². The molecule has 23 heavy (non-hydrogen) atoms. The molecule has 6 heteroatoms. The van der Waals surface area contributed by atoms with Crippen LogP contribution in [0.3, 0.4) is 0 Å². The van der Waals surface area contributed by atoms with Gasteiger partial charge in [-0.2, -0.15) is 0 Å². The van der Waals surface area contributed by atoms with E-state index in [-0.39, 0.29) is 29.4 Å². The van der Waals surface area contributed by atoms with Crippen LogP contribution in [0.2, 0.25) is 0 Å². The van der Waals surface area contributed by atoms with Crippen LogP contribution in [0, 0.1) is 0 Å². The molecule has 1 aromatic rings. The Balaban J connectivity index is 0.00000192. The van der Waals surface area contributed by atoms with Crippen LogP contribution in [-0.2, 0) is 10.2 Å². The smallest absolute Gasteiger partial charge is 0.191 e. The highest BCUT2D eigenvalue weighted by molar-refractivity contribution is 14.0. The summed E-state index contributed by atoms with van der Waals surface area (Å²) >= 11 is 3.52. The molecule has 1 aromatic carbocycles. The molecule has 1 aliphatic carbocycles. The van der Waals surface area contributed by atoms with E-state index in [1.165, 1.54) is 31.2 Å². The maximum Gasteiger partial charge on any atom is 0.191 e. The van der Waals surface area contributed by atoms with E-state index in [1.54, 1.807) is 0 Å². The summed E-state index contributed by atoms with van der Waals surface area (Å²) in [4.78, 5) is 6.89. The van der Waals surface area contributed by atoms with Gasteiger partial charge in [0.25, 0.3) is 0 Å². The zero-order valence-electron chi connectivity index (χ0n) is 13.3. The largest absolute Gasteiger partial charge is 0.378 e. The minimum absolute atomic E-state index is 0. The molecule has 1 heterocycles. The van der Waals surface area contributed by atoms with E-state index in [0.29, 0.717) is 5.96 Å². The Morgan fingerprint density at radius 1 is 1.17 bits per heavy atom. The van der Waals surface area contributed by atoms with Gasteiger partial charge in [0.15, 0.2) is 5.96 Å². The summed E-state index contributed by atoms with van der Waals surface area (Å²) in [6.45, 7) is 3.97. The maximum atomic E-state index is 6.20. The second kappa shape index (κ2) is 8.67. The Hall–Kier alpha value is -0.340. The second-order valence-corrected chi connectivity index (χ2v) is 7.18. The number of benzene rings is 1. The molecular formula is C17H25BrIN3O. The molecule has 0 aromatic heterocycles. The number of morpholine rings is 1. The lowest BCUT2D eigenvalue weighted by Crippen LogP contribution is -2.45. The summed E-state index contributed by atoms with van der Waals surface area (Å²) < 4.78 is 6.50. The molecule has 1 aliphatic heterocycles. The zero-order valence-corrected chi connectivity index (χ0v) is 17.3. The van der Waals surface area contributed by atoms with Crippen molar-refractivity contribution in [1.82, 2.24) is 4.90 Å². The van der Waals surface area contributed by atoms with Gasteiger partial charge in [-0.25, -0.2) is 0 Å². The molecule has 0 amide bonds. The molecule has 0 bridgehead atoms. The minimum atomic E-state index is 0. The molecular weight excluding hydrogens is 469 g/mol. The van der Waals surface area contributed by atoms with Crippen LogP contribution in [0.4, 0.5) is 0 Å². The number of aliphatic imine (C=N–C) groups is 1. The van der Waals surface area contributed by atoms with Gasteiger partial charge in [-0.1, -0.05) is 40.9 Å². The van der Waals surface area contributed by atoms with Crippen molar-refractivity contribution in [3.8, 4) is 0 Å². The first-order valence-electron chi connectivity index (χ1n) is 8.08. The van der Waals surface area contributed by atoms with Crippen molar-refractivity contribution in [1.29, 1.82) is 0 Å². The zero-order chi connectivity index (χ0) is 15.4. The fourth-order valence-corrected chi connectivity index (χ4v) is 3.78. The van der Waals surface area contributed by atoms with E-state index in [4.69, 9.17) is 15.5 Å². The van der Waals surface area contributed by atoms with Crippen LogP contribution in [0.1, 0.15) is 31.2 Å². The summed E-state index contributed by atoms with van der Waals surface area (Å²) in [6.07, 6.45) is 4.97. The highest BCUT2D eigenvalue weighted by atomic mass is 127. The number of ether oxygens (including phenoxy) is 1. The number of nitrogens with zero attached hydrogens (tertiary/aromatic N) is 2. The predicted octanol–water partition coefficient (Wildman–Crippen LogP) is 3.53. The molecule has 3 rings (SSSR count). The first-order valence-corrected chi connectivity index (χ1v) is 8.88. The molecule has 1 saturated heterocycles. The summed E-state index contributed by atoms with van der Waals surface area (Å²) in [6, 6.07) is 8.72. The number of hydrogen-bond acceptors (Lipinski definition) is 2. The molecule has 1 saturated carbocycles. The molecule has 2 fully saturated rings.